The summed E-state index contributed by atoms with van der Waals surface area (Å²) in [5.74, 6) is 0. The summed E-state index contributed by atoms with van der Waals surface area (Å²) in [6.45, 7) is 1.26. The SMILES string of the molecule is Cn1cc(CC(O)CC2OCCO2)cn1. The van der Waals surface area contributed by atoms with Crippen LogP contribution in [0.3, 0.4) is 0 Å². The molecule has 1 aliphatic rings. The van der Waals surface area contributed by atoms with Crippen molar-refractivity contribution in [3.8, 4) is 0 Å². The molecule has 5 nitrogen and oxygen atoms in total. The molecule has 1 aliphatic heterocycles. The lowest BCUT2D eigenvalue weighted by molar-refractivity contribution is -0.0698. The number of aliphatic hydroxyl groups excluding tert-OH is 1. The molecule has 84 valence electrons. The Balaban J connectivity index is 1.78. The number of nitrogens with zero attached hydrogens (tertiary/aromatic N) is 2. The van der Waals surface area contributed by atoms with Gasteiger partial charge >= 0.3 is 0 Å². The summed E-state index contributed by atoms with van der Waals surface area (Å²) in [6, 6.07) is 0. The first-order chi connectivity index (χ1) is 7.24. The molecular formula is C10H16N2O3. The zero-order valence-corrected chi connectivity index (χ0v) is 8.80. The minimum Gasteiger partial charge on any atom is -0.393 e. The van der Waals surface area contributed by atoms with Gasteiger partial charge < -0.3 is 14.6 Å². The Labute approximate surface area is 88.6 Å². The summed E-state index contributed by atoms with van der Waals surface area (Å²) in [5.41, 5.74) is 1.03. The van der Waals surface area contributed by atoms with E-state index in [-0.39, 0.29) is 6.29 Å². The second-order valence-corrected chi connectivity index (χ2v) is 3.79. The van der Waals surface area contributed by atoms with Crippen LogP contribution in [0.5, 0.6) is 0 Å². The standard InChI is InChI=1S/C10H16N2O3/c1-12-7-8(6-11-12)4-9(13)5-10-14-2-3-15-10/h6-7,9-10,13H,2-5H2,1H3. The van der Waals surface area contributed by atoms with E-state index in [0.717, 1.165) is 5.56 Å². The molecule has 0 aliphatic carbocycles. The molecule has 1 atom stereocenters. The molecule has 15 heavy (non-hydrogen) atoms. The average molecular weight is 212 g/mol. The van der Waals surface area contributed by atoms with Gasteiger partial charge in [-0.3, -0.25) is 4.68 Å². The van der Waals surface area contributed by atoms with Crippen LogP contribution in [0.1, 0.15) is 12.0 Å². The molecule has 0 radical (unpaired) electrons. The Morgan fingerprint density at radius 1 is 1.60 bits per heavy atom. The van der Waals surface area contributed by atoms with Crippen molar-refractivity contribution < 1.29 is 14.6 Å². The molecule has 5 heteroatoms. The van der Waals surface area contributed by atoms with Crippen LogP contribution in [0, 0.1) is 0 Å². The highest BCUT2D eigenvalue weighted by atomic mass is 16.7. The normalized spacial score (nSPS) is 19.6. The van der Waals surface area contributed by atoms with E-state index in [1.165, 1.54) is 0 Å². The second-order valence-electron chi connectivity index (χ2n) is 3.79. The fraction of sp³-hybridized carbons (Fsp3) is 0.700. The smallest absolute Gasteiger partial charge is 0.160 e. The van der Waals surface area contributed by atoms with Gasteiger partial charge in [-0.05, 0) is 5.56 Å². The maximum absolute atomic E-state index is 9.78. The largest absolute Gasteiger partial charge is 0.393 e. The van der Waals surface area contributed by atoms with Gasteiger partial charge in [0, 0.05) is 26.1 Å². The third-order valence-electron chi connectivity index (χ3n) is 2.39. The van der Waals surface area contributed by atoms with Crippen LogP contribution in [-0.2, 0) is 22.9 Å². The topological polar surface area (TPSA) is 56.5 Å². The highest BCUT2D eigenvalue weighted by Crippen LogP contribution is 2.13. The number of hydrogen-bond donors (Lipinski definition) is 1. The van der Waals surface area contributed by atoms with E-state index in [1.54, 1.807) is 10.9 Å². The number of aliphatic hydroxyl groups is 1. The molecule has 1 aromatic rings. The van der Waals surface area contributed by atoms with Crippen LogP contribution in [0.15, 0.2) is 12.4 Å². The lowest BCUT2D eigenvalue weighted by Crippen LogP contribution is -2.20. The first-order valence-corrected chi connectivity index (χ1v) is 5.13. The number of rotatable bonds is 4. The Kier molecular flexibility index (Phi) is 3.35. The van der Waals surface area contributed by atoms with Crippen molar-refractivity contribution >= 4 is 0 Å². The summed E-state index contributed by atoms with van der Waals surface area (Å²) in [7, 11) is 1.86. The number of ether oxygens (including phenoxy) is 2. The van der Waals surface area contributed by atoms with Crippen molar-refractivity contribution in [2.75, 3.05) is 13.2 Å². The molecule has 1 aromatic heterocycles. The predicted molar refractivity (Wildman–Crippen MR) is 53.2 cm³/mol. The molecule has 0 amide bonds. The maximum atomic E-state index is 9.78. The van der Waals surface area contributed by atoms with Crippen molar-refractivity contribution in [3.63, 3.8) is 0 Å². The average Bonchev–Trinajstić information content (AvgIpc) is 2.77. The molecule has 2 rings (SSSR count). The molecule has 1 N–H and O–H groups in total. The lowest BCUT2D eigenvalue weighted by Gasteiger charge is -2.13. The molecule has 1 fully saturated rings. The van der Waals surface area contributed by atoms with Crippen molar-refractivity contribution in [3.05, 3.63) is 18.0 Å². The van der Waals surface area contributed by atoms with Crippen molar-refractivity contribution in [2.45, 2.75) is 25.2 Å². The molecule has 0 aromatic carbocycles. The third-order valence-corrected chi connectivity index (χ3v) is 2.39. The summed E-state index contributed by atoms with van der Waals surface area (Å²) in [5, 5.41) is 13.8. The van der Waals surface area contributed by atoms with Gasteiger partial charge in [0.1, 0.15) is 0 Å². The minimum absolute atomic E-state index is 0.239. The maximum Gasteiger partial charge on any atom is 0.160 e. The van der Waals surface area contributed by atoms with E-state index >= 15 is 0 Å². The zero-order chi connectivity index (χ0) is 10.7. The van der Waals surface area contributed by atoms with Crippen LogP contribution in [-0.4, -0.2) is 40.5 Å². The van der Waals surface area contributed by atoms with Crippen LogP contribution in [0.25, 0.3) is 0 Å². The van der Waals surface area contributed by atoms with Crippen molar-refractivity contribution in [1.82, 2.24) is 9.78 Å². The first kappa shape index (κ1) is 10.6. The summed E-state index contributed by atoms with van der Waals surface area (Å²) < 4.78 is 12.3. The van der Waals surface area contributed by atoms with Gasteiger partial charge in [0.15, 0.2) is 6.29 Å². The van der Waals surface area contributed by atoms with Gasteiger partial charge in [0.25, 0.3) is 0 Å². The summed E-state index contributed by atoms with van der Waals surface area (Å²) in [4.78, 5) is 0. The van der Waals surface area contributed by atoms with Crippen LogP contribution in [0.2, 0.25) is 0 Å². The molecule has 0 spiro atoms. The van der Waals surface area contributed by atoms with Crippen LogP contribution < -0.4 is 0 Å². The van der Waals surface area contributed by atoms with Crippen molar-refractivity contribution in [2.24, 2.45) is 7.05 Å². The van der Waals surface area contributed by atoms with Gasteiger partial charge in [-0.15, -0.1) is 0 Å². The summed E-state index contributed by atoms with van der Waals surface area (Å²) >= 11 is 0. The molecule has 0 saturated carbocycles. The Bertz CT molecular complexity index is 307. The van der Waals surface area contributed by atoms with E-state index in [2.05, 4.69) is 5.10 Å². The minimum atomic E-state index is -0.433. The van der Waals surface area contributed by atoms with Crippen LogP contribution in [0.4, 0.5) is 0 Å². The number of aryl methyl sites for hydroxylation is 1. The van der Waals surface area contributed by atoms with Crippen molar-refractivity contribution in [1.29, 1.82) is 0 Å². The molecule has 1 saturated heterocycles. The highest BCUT2D eigenvalue weighted by Gasteiger charge is 2.20. The van der Waals surface area contributed by atoms with E-state index in [1.807, 2.05) is 13.2 Å². The summed E-state index contributed by atoms with van der Waals surface area (Å²) in [6.07, 6.45) is 4.11. The Morgan fingerprint density at radius 2 is 2.33 bits per heavy atom. The molecule has 1 unspecified atom stereocenters. The van der Waals surface area contributed by atoms with Gasteiger partial charge in [-0.2, -0.15) is 5.10 Å². The van der Waals surface area contributed by atoms with E-state index in [9.17, 15) is 5.11 Å². The second kappa shape index (κ2) is 4.74. The van der Waals surface area contributed by atoms with Gasteiger partial charge in [0.2, 0.25) is 0 Å². The fourth-order valence-corrected chi connectivity index (χ4v) is 1.70. The van der Waals surface area contributed by atoms with Gasteiger partial charge in [-0.1, -0.05) is 0 Å². The highest BCUT2D eigenvalue weighted by molar-refractivity contribution is 5.04. The number of aromatic nitrogens is 2. The molecule has 2 heterocycles. The Morgan fingerprint density at radius 3 is 2.93 bits per heavy atom. The van der Waals surface area contributed by atoms with Gasteiger partial charge in [-0.25, -0.2) is 0 Å². The fourth-order valence-electron chi connectivity index (χ4n) is 1.70. The molecule has 0 bridgehead atoms. The van der Waals surface area contributed by atoms with Crippen LogP contribution >= 0.6 is 0 Å². The lowest BCUT2D eigenvalue weighted by atomic mass is 10.1. The monoisotopic (exact) mass is 212 g/mol. The third kappa shape index (κ3) is 3.02. The van der Waals surface area contributed by atoms with E-state index < -0.39 is 6.10 Å². The van der Waals surface area contributed by atoms with E-state index in [0.29, 0.717) is 26.1 Å². The predicted octanol–water partition coefficient (Wildman–Crippen LogP) is 0.0865. The van der Waals surface area contributed by atoms with Gasteiger partial charge in [0.05, 0.1) is 25.5 Å². The zero-order valence-electron chi connectivity index (χ0n) is 8.80. The molecular weight excluding hydrogens is 196 g/mol. The first-order valence-electron chi connectivity index (χ1n) is 5.13. The number of hydrogen-bond acceptors (Lipinski definition) is 4. The Hall–Kier alpha value is -0.910. The quantitative estimate of drug-likeness (QED) is 0.768. The van der Waals surface area contributed by atoms with E-state index in [4.69, 9.17) is 9.47 Å².